The number of halogens is 1. The van der Waals surface area contributed by atoms with Crippen LogP contribution in [0.15, 0.2) is 22.7 Å². The van der Waals surface area contributed by atoms with Gasteiger partial charge in [0, 0.05) is 16.7 Å². The largest absolute Gasteiger partial charge is 0.378 e. The summed E-state index contributed by atoms with van der Waals surface area (Å²) in [6.45, 7) is 5.15. The van der Waals surface area contributed by atoms with Crippen molar-refractivity contribution in [1.29, 1.82) is 0 Å². The standard InChI is InChI=1S/C15H23BrN2/c1-11-7-13(16)9-14(8-11)18-15(10-17)6-4-3-5-12(15)2/h7-9,12,18H,3-6,10,17H2,1-2H3. The zero-order chi connectivity index (χ0) is 13.2. The number of anilines is 1. The molecule has 3 heteroatoms. The van der Waals surface area contributed by atoms with Crippen LogP contribution in [0.2, 0.25) is 0 Å². The minimum absolute atomic E-state index is 0.0749. The summed E-state index contributed by atoms with van der Waals surface area (Å²) in [7, 11) is 0. The minimum Gasteiger partial charge on any atom is -0.378 e. The molecule has 2 rings (SSSR count). The van der Waals surface area contributed by atoms with Crippen molar-refractivity contribution in [3.05, 3.63) is 28.2 Å². The molecule has 0 spiro atoms. The van der Waals surface area contributed by atoms with Crippen molar-refractivity contribution in [2.45, 2.75) is 45.1 Å². The average molecular weight is 311 g/mol. The molecule has 0 heterocycles. The molecule has 2 unspecified atom stereocenters. The minimum atomic E-state index is 0.0749. The Hall–Kier alpha value is -0.540. The highest BCUT2D eigenvalue weighted by Gasteiger charge is 2.36. The fourth-order valence-electron chi connectivity index (χ4n) is 3.05. The van der Waals surface area contributed by atoms with Crippen molar-refractivity contribution >= 4 is 21.6 Å². The van der Waals surface area contributed by atoms with Crippen LogP contribution in [-0.2, 0) is 0 Å². The first kappa shape index (κ1) is 13.9. The van der Waals surface area contributed by atoms with E-state index in [1.54, 1.807) is 0 Å². The molecular weight excluding hydrogens is 288 g/mol. The van der Waals surface area contributed by atoms with Crippen molar-refractivity contribution in [2.24, 2.45) is 11.7 Å². The van der Waals surface area contributed by atoms with E-state index >= 15 is 0 Å². The maximum Gasteiger partial charge on any atom is 0.0521 e. The van der Waals surface area contributed by atoms with Gasteiger partial charge in [-0.15, -0.1) is 0 Å². The van der Waals surface area contributed by atoms with Crippen LogP contribution < -0.4 is 11.1 Å². The first-order valence-electron chi connectivity index (χ1n) is 6.81. The smallest absolute Gasteiger partial charge is 0.0521 e. The highest BCUT2D eigenvalue weighted by Crippen LogP contribution is 2.36. The Kier molecular flexibility index (Phi) is 4.33. The summed E-state index contributed by atoms with van der Waals surface area (Å²) in [5, 5.41) is 3.72. The van der Waals surface area contributed by atoms with E-state index in [4.69, 9.17) is 5.73 Å². The van der Waals surface area contributed by atoms with Gasteiger partial charge in [0.15, 0.2) is 0 Å². The molecular formula is C15H23BrN2. The first-order chi connectivity index (χ1) is 8.55. The number of hydrogen-bond donors (Lipinski definition) is 2. The molecule has 1 saturated carbocycles. The van der Waals surface area contributed by atoms with Gasteiger partial charge in [-0.25, -0.2) is 0 Å². The zero-order valence-electron chi connectivity index (χ0n) is 11.3. The van der Waals surface area contributed by atoms with Gasteiger partial charge >= 0.3 is 0 Å². The Labute approximate surface area is 118 Å². The quantitative estimate of drug-likeness (QED) is 0.883. The second-order valence-corrected chi connectivity index (χ2v) is 6.57. The second-order valence-electron chi connectivity index (χ2n) is 5.65. The molecule has 0 amide bonds. The van der Waals surface area contributed by atoms with Gasteiger partial charge in [0.05, 0.1) is 5.54 Å². The SMILES string of the molecule is Cc1cc(Br)cc(NC2(CN)CCCCC2C)c1. The maximum atomic E-state index is 6.08. The van der Waals surface area contributed by atoms with Crippen molar-refractivity contribution in [3.8, 4) is 0 Å². The van der Waals surface area contributed by atoms with Crippen molar-refractivity contribution in [3.63, 3.8) is 0 Å². The molecule has 0 aromatic heterocycles. The van der Waals surface area contributed by atoms with Gasteiger partial charge in [-0.2, -0.15) is 0 Å². The lowest BCUT2D eigenvalue weighted by atomic mass is 9.73. The number of aryl methyl sites for hydroxylation is 1. The lowest BCUT2D eigenvalue weighted by Crippen LogP contribution is -2.52. The van der Waals surface area contributed by atoms with Crippen LogP contribution in [0.1, 0.15) is 38.2 Å². The number of nitrogens with two attached hydrogens (primary N) is 1. The number of nitrogens with one attached hydrogen (secondary N) is 1. The third-order valence-corrected chi connectivity index (χ3v) is 4.71. The van der Waals surface area contributed by atoms with E-state index in [9.17, 15) is 0 Å². The third kappa shape index (κ3) is 2.89. The molecule has 0 saturated heterocycles. The topological polar surface area (TPSA) is 38.0 Å². The number of benzene rings is 1. The molecule has 2 atom stereocenters. The van der Waals surface area contributed by atoms with E-state index in [2.05, 4.69) is 53.3 Å². The van der Waals surface area contributed by atoms with E-state index in [0.717, 1.165) is 4.47 Å². The molecule has 2 nitrogen and oxygen atoms in total. The molecule has 1 aromatic rings. The summed E-state index contributed by atoms with van der Waals surface area (Å²) in [6, 6.07) is 6.47. The molecule has 1 aliphatic carbocycles. The van der Waals surface area contributed by atoms with Gasteiger partial charge in [0.2, 0.25) is 0 Å². The predicted molar refractivity (Wildman–Crippen MR) is 81.9 cm³/mol. The van der Waals surface area contributed by atoms with Gasteiger partial charge in [-0.1, -0.05) is 35.7 Å². The molecule has 18 heavy (non-hydrogen) atoms. The van der Waals surface area contributed by atoms with Gasteiger partial charge in [0.25, 0.3) is 0 Å². The molecule has 0 radical (unpaired) electrons. The van der Waals surface area contributed by atoms with E-state index in [1.807, 2.05) is 0 Å². The van der Waals surface area contributed by atoms with Gasteiger partial charge in [-0.3, -0.25) is 0 Å². The molecule has 1 aromatic carbocycles. The molecule has 0 aliphatic heterocycles. The predicted octanol–water partition coefficient (Wildman–Crippen LogP) is 4.08. The van der Waals surface area contributed by atoms with E-state index in [1.165, 1.54) is 36.9 Å². The van der Waals surface area contributed by atoms with Crippen LogP contribution in [0, 0.1) is 12.8 Å². The molecule has 3 N–H and O–H groups in total. The van der Waals surface area contributed by atoms with Crippen LogP contribution in [0.5, 0.6) is 0 Å². The van der Waals surface area contributed by atoms with Crippen molar-refractivity contribution < 1.29 is 0 Å². The van der Waals surface area contributed by atoms with Gasteiger partial charge < -0.3 is 11.1 Å². The Morgan fingerprint density at radius 1 is 1.39 bits per heavy atom. The molecule has 100 valence electrons. The summed E-state index contributed by atoms with van der Waals surface area (Å²) in [4.78, 5) is 0. The zero-order valence-corrected chi connectivity index (χ0v) is 12.9. The highest BCUT2D eigenvalue weighted by molar-refractivity contribution is 9.10. The monoisotopic (exact) mass is 310 g/mol. The Morgan fingerprint density at radius 3 is 2.78 bits per heavy atom. The fourth-order valence-corrected chi connectivity index (χ4v) is 3.66. The van der Waals surface area contributed by atoms with Crippen LogP contribution in [0.4, 0.5) is 5.69 Å². The summed E-state index contributed by atoms with van der Waals surface area (Å²) in [5.74, 6) is 0.635. The van der Waals surface area contributed by atoms with Crippen LogP contribution in [-0.4, -0.2) is 12.1 Å². The first-order valence-corrected chi connectivity index (χ1v) is 7.60. The normalized spacial score (nSPS) is 28.1. The van der Waals surface area contributed by atoms with Crippen LogP contribution in [0.3, 0.4) is 0 Å². The van der Waals surface area contributed by atoms with Crippen LogP contribution in [0.25, 0.3) is 0 Å². The maximum absolute atomic E-state index is 6.08. The second kappa shape index (κ2) is 5.62. The molecule has 1 fully saturated rings. The van der Waals surface area contributed by atoms with Crippen molar-refractivity contribution in [1.82, 2.24) is 0 Å². The summed E-state index contributed by atoms with van der Waals surface area (Å²) in [6.07, 6.45) is 5.07. The summed E-state index contributed by atoms with van der Waals surface area (Å²) in [5.41, 5.74) is 8.60. The summed E-state index contributed by atoms with van der Waals surface area (Å²) < 4.78 is 1.13. The summed E-state index contributed by atoms with van der Waals surface area (Å²) >= 11 is 3.56. The number of rotatable bonds is 3. The van der Waals surface area contributed by atoms with E-state index in [-0.39, 0.29) is 5.54 Å². The number of hydrogen-bond acceptors (Lipinski definition) is 2. The average Bonchev–Trinajstić information content (AvgIpc) is 2.31. The Bertz CT molecular complexity index is 399. The highest BCUT2D eigenvalue weighted by atomic mass is 79.9. The lowest BCUT2D eigenvalue weighted by Gasteiger charge is -2.43. The molecule has 1 aliphatic rings. The van der Waals surface area contributed by atoms with E-state index < -0.39 is 0 Å². The van der Waals surface area contributed by atoms with E-state index in [0.29, 0.717) is 12.5 Å². The van der Waals surface area contributed by atoms with Crippen LogP contribution >= 0.6 is 15.9 Å². The van der Waals surface area contributed by atoms with Gasteiger partial charge in [0.1, 0.15) is 0 Å². The Balaban J connectivity index is 2.23. The molecule has 0 bridgehead atoms. The van der Waals surface area contributed by atoms with Crippen molar-refractivity contribution in [2.75, 3.05) is 11.9 Å². The van der Waals surface area contributed by atoms with Gasteiger partial charge in [-0.05, 0) is 49.4 Å². The third-order valence-electron chi connectivity index (χ3n) is 4.25. The lowest BCUT2D eigenvalue weighted by molar-refractivity contribution is 0.235. The fraction of sp³-hybridized carbons (Fsp3) is 0.600. The Morgan fingerprint density at radius 2 is 2.17 bits per heavy atom.